The molecule has 1 fully saturated rings. The molecule has 4 heteroatoms. The topological polar surface area (TPSA) is 49.8 Å². The van der Waals surface area contributed by atoms with Crippen molar-refractivity contribution in [3.8, 4) is 0 Å². The van der Waals surface area contributed by atoms with Crippen molar-refractivity contribution in [3.05, 3.63) is 12.7 Å². The minimum Gasteiger partial charge on any atom is -0.444 e. The van der Waals surface area contributed by atoms with Gasteiger partial charge in [-0.3, -0.25) is 0 Å². The maximum atomic E-state index is 11.9. The molecule has 1 aliphatic heterocycles. The van der Waals surface area contributed by atoms with Gasteiger partial charge in [-0.2, -0.15) is 0 Å². The quantitative estimate of drug-likeness (QED) is 0.789. The summed E-state index contributed by atoms with van der Waals surface area (Å²) in [5.74, 6) is 0. The third-order valence-electron chi connectivity index (χ3n) is 3.39. The number of nitrogens with zero attached hydrogens (tertiary/aromatic N) is 1. The molecular weight excluding hydrogens is 230 g/mol. The zero-order valence-corrected chi connectivity index (χ0v) is 11.7. The number of hydrogen-bond donors (Lipinski definition) is 1. The smallest absolute Gasteiger partial charge is 0.410 e. The standard InChI is InChI=1S/C14H25NO3/c1-5-6-14(11-16)7-9-15(10-8-14)12(17)18-13(2,3)4/h5,16H,1,6-11H2,2-4H3. The Morgan fingerprint density at radius 2 is 2.00 bits per heavy atom. The largest absolute Gasteiger partial charge is 0.444 e. The Kier molecular flexibility index (Phi) is 4.79. The lowest BCUT2D eigenvalue weighted by molar-refractivity contribution is 0.000451. The Morgan fingerprint density at radius 3 is 2.39 bits per heavy atom. The van der Waals surface area contributed by atoms with Crippen LogP contribution in [-0.2, 0) is 4.74 Å². The lowest BCUT2D eigenvalue weighted by atomic mass is 9.76. The molecule has 1 saturated heterocycles. The van der Waals surface area contributed by atoms with Crippen LogP contribution in [0.15, 0.2) is 12.7 Å². The van der Waals surface area contributed by atoms with Gasteiger partial charge in [0, 0.05) is 25.1 Å². The summed E-state index contributed by atoms with van der Waals surface area (Å²) in [6.45, 7) is 10.8. The van der Waals surface area contributed by atoms with Gasteiger partial charge in [-0.25, -0.2) is 4.79 Å². The van der Waals surface area contributed by atoms with Crippen molar-refractivity contribution in [1.82, 2.24) is 4.90 Å². The van der Waals surface area contributed by atoms with Crippen LogP contribution in [0.5, 0.6) is 0 Å². The highest BCUT2D eigenvalue weighted by Crippen LogP contribution is 2.35. The van der Waals surface area contributed by atoms with Crippen LogP contribution in [0.2, 0.25) is 0 Å². The number of likely N-dealkylation sites (tertiary alicyclic amines) is 1. The molecule has 18 heavy (non-hydrogen) atoms. The summed E-state index contributed by atoms with van der Waals surface area (Å²) in [5, 5.41) is 9.50. The lowest BCUT2D eigenvalue weighted by Crippen LogP contribution is -2.46. The Labute approximate surface area is 110 Å². The van der Waals surface area contributed by atoms with Gasteiger partial charge in [0.05, 0.1) is 0 Å². The van der Waals surface area contributed by atoms with Crippen molar-refractivity contribution in [2.75, 3.05) is 19.7 Å². The number of allylic oxidation sites excluding steroid dienone is 1. The van der Waals surface area contributed by atoms with E-state index in [9.17, 15) is 9.90 Å². The number of aliphatic hydroxyl groups is 1. The Morgan fingerprint density at radius 1 is 1.44 bits per heavy atom. The maximum Gasteiger partial charge on any atom is 0.410 e. The number of hydrogen-bond acceptors (Lipinski definition) is 3. The van der Waals surface area contributed by atoms with E-state index in [0.29, 0.717) is 13.1 Å². The second-order valence-corrected chi connectivity index (χ2v) is 6.12. The first-order chi connectivity index (χ1) is 8.32. The van der Waals surface area contributed by atoms with Gasteiger partial charge in [0.2, 0.25) is 0 Å². The van der Waals surface area contributed by atoms with Gasteiger partial charge in [0.1, 0.15) is 5.60 Å². The monoisotopic (exact) mass is 255 g/mol. The summed E-state index contributed by atoms with van der Waals surface area (Å²) in [7, 11) is 0. The number of piperidine rings is 1. The van der Waals surface area contributed by atoms with E-state index >= 15 is 0 Å². The summed E-state index contributed by atoms with van der Waals surface area (Å²) in [4.78, 5) is 13.6. The summed E-state index contributed by atoms with van der Waals surface area (Å²) >= 11 is 0. The fourth-order valence-corrected chi connectivity index (χ4v) is 2.22. The number of aliphatic hydroxyl groups excluding tert-OH is 1. The summed E-state index contributed by atoms with van der Waals surface area (Å²) in [6.07, 6.45) is 3.99. The normalized spacial score (nSPS) is 19.4. The van der Waals surface area contributed by atoms with Crippen LogP contribution < -0.4 is 0 Å². The fourth-order valence-electron chi connectivity index (χ4n) is 2.22. The van der Waals surface area contributed by atoms with Crippen molar-refractivity contribution in [2.24, 2.45) is 5.41 Å². The predicted molar refractivity (Wildman–Crippen MR) is 71.4 cm³/mol. The third kappa shape index (κ3) is 4.02. The molecule has 1 heterocycles. The van der Waals surface area contributed by atoms with Crippen LogP contribution in [0.3, 0.4) is 0 Å². The highest BCUT2D eigenvalue weighted by molar-refractivity contribution is 5.68. The number of rotatable bonds is 3. The minimum absolute atomic E-state index is 0.0970. The van der Waals surface area contributed by atoms with Crippen LogP contribution in [0, 0.1) is 5.41 Å². The number of carbonyl (C=O) groups is 1. The van der Waals surface area contributed by atoms with E-state index in [4.69, 9.17) is 4.74 Å². The van der Waals surface area contributed by atoms with Crippen molar-refractivity contribution in [1.29, 1.82) is 0 Å². The molecule has 0 aromatic heterocycles. The van der Waals surface area contributed by atoms with E-state index in [0.717, 1.165) is 19.3 Å². The number of ether oxygens (including phenoxy) is 1. The highest BCUT2D eigenvalue weighted by atomic mass is 16.6. The van der Waals surface area contributed by atoms with Crippen molar-refractivity contribution in [2.45, 2.75) is 45.6 Å². The molecule has 1 rings (SSSR count). The molecule has 0 unspecified atom stereocenters. The van der Waals surface area contributed by atoms with Crippen molar-refractivity contribution < 1.29 is 14.6 Å². The van der Waals surface area contributed by atoms with Crippen LogP contribution in [0.4, 0.5) is 4.79 Å². The average molecular weight is 255 g/mol. The fraction of sp³-hybridized carbons (Fsp3) is 0.786. The molecule has 1 N–H and O–H groups in total. The van der Waals surface area contributed by atoms with E-state index in [1.807, 2.05) is 26.8 Å². The van der Waals surface area contributed by atoms with E-state index < -0.39 is 5.60 Å². The summed E-state index contributed by atoms with van der Waals surface area (Å²) in [6, 6.07) is 0. The molecule has 0 aromatic rings. The van der Waals surface area contributed by atoms with E-state index in [1.54, 1.807) is 4.90 Å². The van der Waals surface area contributed by atoms with Crippen LogP contribution >= 0.6 is 0 Å². The van der Waals surface area contributed by atoms with Gasteiger partial charge >= 0.3 is 6.09 Å². The first-order valence-corrected chi connectivity index (χ1v) is 6.52. The molecule has 1 aliphatic rings. The molecule has 104 valence electrons. The maximum absolute atomic E-state index is 11.9. The van der Waals surface area contributed by atoms with Crippen LogP contribution in [0.25, 0.3) is 0 Å². The van der Waals surface area contributed by atoms with Gasteiger partial charge in [-0.1, -0.05) is 6.08 Å². The molecule has 0 aromatic carbocycles. The summed E-state index contributed by atoms with van der Waals surface area (Å²) in [5.41, 5.74) is -0.552. The Balaban J connectivity index is 2.53. The molecule has 0 atom stereocenters. The van der Waals surface area contributed by atoms with E-state index in [2.05, 4.69) is 6.58 Å². The van der Waals surface area contributed by atoms with E-state index in [-0.39, 0.29) is 18.1 Å². The van der Waals surface area contributed by atoms with Crippen molar-refractivity contribution >= 4 is 6.09 Å². The zero-order valence-electron chi connectivity index (χ0n) is 11.7. The Hall–Kier alpha value is -1.03. The first kappa shape index (κ1) is 15.0. The molecule has 0 radical (unpaired) electrons. The zero-order chi connectivity index (χ0) is 13.8. The highest BCUT2D eigenvalue weighted by Gasteiger charge is 2.35. The molecule has 0 saturated carbocycles. The SMILES string of the molecule is C=CCC1(CO)CCN(C(=O)OC(C)(C)C)CC1. The van der Waals surface area contributed by atoms with E-state index in [1.165, 1.54) is 0 Å². The molecule has 0 aliphatic carbocycles. The lowest BCUT2D eigenvalue weighted by Gasteiger charge is -2.40. The first-order valence-electron chi connectivity index (χ1n) is 6.52. The van der Waals surface area contributed by atoms with Crippen LogP contribution in [-0.4, -0.2) is 41.4 Å². The second-order valence-electron chi connectivity index (χ2n) is 6.12. The van der Waals surface area contributed by atoms with Crippen LogP contribution in [0.1, 0.15) is 40.0 Å². The van der Waals surface area contributed by atoms with Gasteiger partial charge in [-0.15, -0.1) is 6.58 Å². The van der Waals surface area contributed by atoms with Gasteiger partial charge < -0.3 is 14.7 Å². The molecule has 4 nitrogen and oxygen atoms in total. The minimum atomic E-state index is -0.455. The molecular formula is C14H25NO3. The van der Waals surface area contributed by atoms with Gasteiger partial charge in [0.15, 0.2) is 0 Å². The Bertz CT molecular complexity index is 299. The predicted octanol–water partition coefficient (Wildman–Crippen LogP) is 2.57. The molecule has 0 spiro atoms. The van der Waals surface area contributed by atoms with Gasteiger partial charge in [0.25, 0.3) is 0 Å². The van der Waals surface area contributed by atoms with Crippen molar-refractivity contribution in [3.63, 3.8) is 0 Å². The number of carbonyl (C=O) groups excluding carboxylic acids is 1. The summed E-state index contributed by atoms with van der Waals surface area (Å²) < 4.78 is 5.34. The molecule has 0 bridgehead atoms. The van der Waals surface area contributed by atoms with Gasteiger partial charge in [-0.05, 0) is 40.0 Å². The second kappa shape index (κ2) is 5.74. The third-order valence-corrected chi connectivity index (χ3v) is 3.39. The average Bonchev–Trinajstić information content (AvgIpc) is 2.28. The molecule has 1 amide bonds. The number of amides is 1.